The molecule has 3 aliphatic rings. The maximum Gasteiger partial charge on any atom is 0.311 e. The second kappa shape index (κ2) is 18.5. The van der Waals surface area contributed by atoms with E-state index in [1.807, 2.05) is 25.9 Å². The number of hydrogen-bond acceptors (Lipinski definition) is 14. The average Bonchev–Trinajstić information content (AvgIpc) is 3.05. The average molecular weight is 764 g/mol. The van der Waals surface area contributed by atoms with Crippen LogP contribution in [0.2, 0.25) is 0 Å². The molecule has 15 heteroatoms. The van der Waals surface area contributed by atoms with Crippen molar-refractivity contribution in [1.29, 1.82) is 0 Å². The Morgan fingerprint density at radius 3 is 2.02 bits per heavy atom. The number of hydrogen-bond donors (Lipinski definition) is 5. The molecule has 3 fully saturated rings. The van der Waals surface area contributed by atoms with Gasteiger partial charge in [0, 0.05) is 37.3 Å². The smallest absolute Gasteiger partial charge is 0.311 e. The number of nitrogens with zero attached hydrogens (tertiary/aromatic N) is 1. The lowest BCUT2D eigenvalue weighted by Crippen LogP contribution is -2.61. The summed E-state index contributed by atoms with van der Waals surface area (Å²) in [6.45, 7) is 16.3. The zero-order chi connectivity index (χ0) is 39.0. The molecule has 0 unspecified atom stereocenters. The van der Waals surface area contributed by atoms with Crippen LogP contribution in [0, 0.1) is 23.7 Å². The predicted octanol–water partition coefficient (Wildman–Crippen LogP) is 0.602. The van der Waals surface area contributed by atoms with Gasteiger partial charge < -0.3 is 58.9 Å². The molecule has 0 saturated carbocycles. The number of methoxy groups -OCH3 is 1. The number of likely N-dealkylation sites (N-methyl/N-ethyl adjacent to an activating group) is 1. The number of rotatable bonds is 7. The van der Waals surface area contributed by atoms with Gasteiger partial charge >= 0.3 is 5.97 Å². The summed E-state index contributed by atoms with van der Waals surface area (Å²) in [4.78, 5) is 29.8. The van der Waals surface area contributed by atoms with Gasteiger partial charge in [0.05, 0.1) is 47.6 Å². The molecule has 52 heavy (non-hydrogen) atoms. The minimum absolute atomic E-state index is 0. The van der Waals surface area contributed by atoms with Crippen LogP contribution in [0.4, 0.5) is 0 Å². The molecule has 5 N–H and O–H groups in total. The van der Waals surface area contributed by atoms with Gasteiger partial charge in [0.15, 0.2) is 29.9 Å². The highest BCUT2D eigenvalue weighted by Gasteiger charge is 2.53. The van der Waals surface area contributed by atoms with E-state index in [0.717, 1.165) is 0 Å². The number of cyclic esters (lactones) is 1. The standard InChI is InChI=1S/C37H67NO13.Al.3H/c1-14-25-37(10,45)30(41)20(4)27(39)18(2)16-35(8,44)32(51-34-28(40)24(38(11)12)15-19(3)47-34)21(5)29(22(6)33(43)49-25)50-26-17-36(9,46-13)31(42)23(7)48-26;;;;/h18-26,28-32,34,40-42,44-45H,14-17H2,1-13H3;;;;/t18-,19-,20+,21+,22-,23+,24+,25-,26+,28-,29+,30-,31+,32-,34+,35-,36-,37-;;;;/m1..../s1. The zero-order valence-corrected chi connectivity index (χ0v) is 32.9. The van der Waals surface area contributed by atoms with E-state index in [2.05, 4.69) is 0 Å². The van der Waals surface area contributed by atoms with E-state index in [9.17, 15) is 35.1 Å². The quantitative estimate of drug-likeness (QED) is 0.179. The monoisotopic (exact) mass is 763 g/mol. The Bertz CT molecular complexity index is 1170. The lowest BCUT2D eigenvalue weighted by Gasteiger charge is -2.49. The number of aliphatic hydroxyl groups excluding tert-OH is 3. The van der Waals surface area contributed by atoms with Crippen LogP contribution in [0.25, 0.3) is 0 Å². The fourth-order valence-corrected chi connectivity index (χ4v) is 8.41. The fraction of sp³-hybridized carbons (Fsp3) is 0.946. The zero-order valence-electron chi connectivity index (χ0n) is 32.9. The first-order valence-corrected chi connectivity index (χ1v) is 18.5. The summed E-state index contributed by atoms with van der Waals surface area (Å²) in [7, 11) is 5.18. The van der Waals surface area contributed by atoms with E-state index in [1.165, 1.54) is 27.9 Å². The van der Waals surface area contributed by atoms with Crippen molar-refractivity contribution >= 4 is 29.1 Å². The van der Waals surface area contributed by atoms with E-state index >= 15 is 0 Å². The van der Waals surface area contributed by atoms with Crippen molar-refractivity contribution in [2.24, 2.45) is 23.7 Å². The molecule has 304 valence electrons. The SMILES string of the molecule is CC[C@H]1OC(=O)[C@H](C)[C@@H](O[C@H]2C[C@@](C)(OC)[C@@H](O)[C@H](C)O2)[C@H](C)[C@@H](O[C@@H]2O[C@H](C)C[C@H](N(C)C)[C@H]2O)[C@](C)(O)C[C@@H](C)C(=O)[C@H](C)[C@@H](O)[C@]1(C)O.[AlH3]. The first kappa shape index (κ1) is 47.4. The Hall–Kier alpha value is -0.768. The van der Waals surface area contributed by atoms with Gasteiger partial charge in [-0.05, 0) is 74.9 Å². The molecule has 3 aliphatic heterocycles. The molecule has 0 spiro atoms. The number of Topliss-reactive ketones (excluding diaryl/α,β-unsaturated/α-hetero) is 1. The summed E-state index contributed by atoms with van der Waals surface area (Å²) >= 11 is 0. The lowest BCUT2D eigenvalue weighted by molar-refractivity contribution is -0.318. The Balaban J connectivity index is 0.00000936. The van der Waals surface area contributed by atoms with Gasteiger partial charge in [-0.1, -0.05) is 27.7 Å². The molecule has 0 aromatic rings. The van der Waals surface area contributed by atoms with Crippen LogP contribution >= 0.6 is 0 Å². The summed E-state index contributed by atoms with van der Waals surface area (Å²) in [5.41, 5.74) is -4.84. The van der Waals surface area contributed by atoms with E-state index in [1.54, 1.807) is 41.5 Å². The highest BCUT2D eigenvalue weighted by Crippen LogP contribution is 2.40. The van der Waals surface area contributed by atoms with Crippen LogP contribution in [0.15, 0.2) is 0 Å². The second-order valence-electron chi connectivity index (χ2n) is 16.5. The van der Waals surface area contributed by atoms with Gasteiger partial charge in [-0.15, -0.1) is 0 Å². The summed E-state index contributed by atoms with van der Waals surface area (Å²) in [5, 5.41) is 57.6. The molecule has 3 heterocycles. The predicted molar refractivity (Wildman–Crippen MR) is 196 cm³/mol. The normalized spacial score (nSPS) is 48.8. The highest BCUT2D eigenvalue weighted by molar-refractivity contribution is 5.83. The van der Waals surface area contributed by atoms with Crippen LogP contribution in [0.3, 0.4) is 0 Å². The first-order chi connectivity index (χ1) is 23.4. The molecule has 3 rings (SSSR count). The first-order valence-electron chi connectivity index (χ1n) is 18.5. The molecule has 0 aliphatic carbocycles. The van der Waals surface area contributed by atoms with Crippen LogP contribution in [-0.4, -0.2) is 165 Å². The van der Waals surface area contributed by atoms with Gasteiger partial charge in [-0.3, -0.25) is 9.59 Å². The number of carbonyl (C=O) groups is 2. The van der Waals surface area contributed by atoms with Crippen LogP contribution < -0.4 is 0 Å². The third-order valence-corrected chi connectivity index (χ3v) is 11.8. The van der Waals surface area contributed by atoms with Gasteiger partial charge in [0.2, 0.25) is 0 Å². The molecule has 18 atom stereocenters. The summed E-state index contributed by atoms with van der Waals surface area (Å²) in [6.07, 6.45) is -9.71. The Morgan fingerprint density at radius 2 is 1.48 bits per heavy atom. The Kier molecular flexibility index (Phi) is 16.8. The van der Waals surface area contributed by atoms with Crippen molar-refractivity contribution in [3.63, 3.8) is 0 Å². The van der Waals surface area contributed by atoms with Gasteiger partial charge in [-0.25, -0.2) is 0 Å². The van der Waals surface area contributed by atoms with Gasteiger partial charge in [0.25, 0.3) is 0 Å². The minimum atomic E-state index is -1.99. The molecule has 14 nitrogen and oxygen atoms in total. The number of carbonyl (C=O) groups excluding carboxylic acids is 2. The van der Waals surface area contributed by atoms with Gasteiger partial charge in [0.1, 0.15) is 29.7 Å². The van der Waals surface area contributed by atoms with Crippen molar-refractivity contribution < 1.29 is 63.5 Å². The number of ketones is 1. The molecule has 0 aromatic carbocycles. The number of esters is 1. The Morgan fingerprint density at radius 1 is 0.885 bits per heavy atom. The highest BCUT2D eigenvalue weighted by atomic mass is 27.0. The molecule has 0 amide bonds. The summed E-state index contributed by atoms with van der Waals surface area (Å²) in [6, 6.07) is -0.324. The Labute approximate surface area is 320 Å². The summed E-state index contributed by atoms with van der Waals surface area (Å²) in [5.74, 6) is -4.98. The van der Waals surface area contributed by atoms with E-state index < -0.39 is 108 Å². The minimum Gasteiger partial charge on any atom is -0.459 e. The maximum absolute atomic E-state index is 14.1. The van der Waals surface area contributed by atoms with Crippen molar-refractivity contribution in [2.45, 2.75) is 179 Å². The summed E-state index contributed by atoms with van der Waals surface area (Å²) < 4.78 is 37.1. The molecule has 0 bridgehead atoms. The molecular formula is C37H70AlNO13. The van der Waals surface area contributed by atoms with E-state index in [0.29, 0.717) is 6.42 Å². The van der Waals surface area contributed by atoms with Crippen LogP contribution in [-0.2, 0) is 38.0 Å². The molecule has 3 saturated heterocycles. The third-order valence-electron chi connectivity index (χ3n) is 11.8. The van der Waals surface area contributed by atoms with E-state index in [4.69, 9.17) is 28.4 Å². The van der Waals surface area contributed by atoms with Crippen molar-refractivity contribution in [3.05, 3.63) is 0 Å². The van der Waals surface area contributed by atoms with Crippen molar-refractivity contribution in [2.75, 3.05) is 21.2 Å². The topological polar surface area (TPSA) is 194 Å². The number of aliphatic hydroxyl groups is 5. The third kappa shape index (κ3) is 10.1. The second-order valence-corrected chi connectivity index (χ2v) is 16.5. The van der Waals surface area contributed by atoms with Gasteiger partial charge in [-0.2, -0.15) is 0 Å². The van der Waals surface area contributed by atoms with Crippen LogP contribution in [0.5, 0.6) is 0 Å². The van der Waals surface area contributed by atoms with Crippen molar-refractivity contribution in [3.8, 4) is 0 Å². The molecule has 0 aromatic heterocycles. The lowest BCUT2D eigenvalue weighted by atomic mass is 9.74. The largest absolute Gasteiger partial charge is 0.459 e. The molecule has 0 radical (unpaired) electrons. The fourth-order valence-electron chi connectivity index (χ4n) is 8.41. The number of ether oxygens (including phenoxy) is 6. The molecular weight excluding hydrogens is 693 g/mol. The van der Waals surface area contributed by atoms with Crippen LogP contribution in [0.1, 0.15) is 94.9 Å². The van der Waals surface area contributed by atoms with Crippen molar-refractivity contribution in [1.82, 2.24) is 4.90 Å². The van der Waals surface area contributed by atoms with E-state index in [-0.39, 0.29) is 48.8 Å². The maximum atomic E-state index is 14.1.